The van der Waals surface area contributed by atoms with Crippen molar-refractivity contribution in [1.82, 2.24) is 20.1 Å². The third-order valence-corrected chi connectivity index (χ3v) is 9.31. The fourth-order valence-corrected chi connectivity index (χ4v) is 6.53. The minimum Gasteiger partial charge on any atom is -0.508 e. The SMILES string of the molecule is CC(Oc1cc(-c2ccc(C(=O)N3CCC(N4CCCC4)CC3)cc2)cnc1N)c1ccc(C(=O)NCCc2cccc(O)c2)cc1. The number of phenols is 1. The summed E-state index contributed by atoms with van der Waals surface area (Å²) in [7, 11) is 0. The molecular formula is C38H43N5O4. The summed E-state index contributed by atoms with van der Waals surface area (Å²) >= 11 is 0. The Kier molecular flexibility index (Phi) is 10.0. The van der Waals surface area contributed by atoms with Crippen molar-refractivity contribution in [2.45, 2.75) is 51.2 Å². The van der Waals surface area contributed by atoms with Crippen LogP contribution >= 0.6 is 0 Å². The van der Waals surface area contributed by atoms with E-state index in [1.165, 1.54) is 25.9 Å². The number of carbonyl (C=O) groups excluding carboxylic acids is 2. The van der Waals surface area contributed by atoms with Crippen molar-refractivity contribution < 1.29 is 19.4 Å². The maximum Gasteiger partial charge on any atom is 0.253 e. The molecule has 1 atom stereocenters. The Morgan fingerprint density at radius 3 is 2.34 bits per heavy atom. The molecule has 0 bridgehead atoms. The number of rotatable bonds is 10. The molecule has 2 aliphatic heterocycles. The molecule has 2 fully saturated rings. The molecule has 0 spiro atoms. The predicted octanol–water partition coefficient (Wildman–Crippen LogP) is 5.85. The molecule has 1 unspecified atom stereocenters. The van der Waals surface area contributed by atoms with Crippen LogP contribution < -0.4 is 15.8 Å². The van der Waals surface area contributed by atoms with E-state index in [9.17, 15) is 14.7 Å². The van der Waals surface area contributed by atoms with Crippen molar-refractivity contribution in [3.63, 3.8) is 0 Å². The Labute approximate surface area is 276 Å². The molecule has 2 amide bonds. The van der Waals surface area contributed by atoms with Crippen molar-refractivity contribution in [3.8, 4) is 22.6 Å². The number of carbonyl (C=O) groups is 2. The van der Waals surface area contributed by atoms with Gasteiger partial charge >= 0.3 is 0 Å². The van der Waals surface area contributed by atoms with Crippen LogP contribution in [0.1, 0.15) is 70.6 Å². The number of pyridine rings is 1. The summed E-state index contributed by atoms with van der Waals surface area (Å²) < 4.78 is 6.23. The second-order valence-corrected chi connectivity index (χ2v) is 12.5. The molecule has 0 saturated carbocycles. The summed E-state index contributed by atoms with van der Waals surface area (Å²) in [6.45, 7) is 6.39. The van der Waals surface area contributed by atoms with Gasteiger partial charge in [-0.05, 0) is 111 Å². The highest BCUT2D eigenvalue weighted by Crippen LogP contribution is 2.31. The van der Waals surface area contributed by atoms with E-state index in [1.807, 2.05) is 60.4 Å². The lowest BCUT2D eigenvalue weighted by Crippen LogP contribution is -2.45. The monoisotopic (exact) mass is 633 g/mol. The minimum absolute atomic E-state index is 0.0848. The van der Waals surface area contributed by atoms with Crippen LogP contribution in [0.5, 0.6) is 11.5 Å². The molecule has 0 radical (unpaired) electrons. The Morgan fingerprint density at radius 2 is 1.64 bits per heavy atom. The third-order valence-electron chi connectivity index (χ3n) is 9.31. The highest BCUT2D eigenvalue weighted by Gasteiger charge is 2.28. The Morgan fingerprint density at radius 1 is 0.936 bits per heavy atom. The number of ether oxygens (including phenoxy) is 1. The zero-order valence-electron chi connectivity index (χ0n) is 26.9. The molecule has 4 N–H and O–H groups in total. The Bertz CT molecular complexity index is 1680. The number of aromatic hydroxyl groups is 1. The number of nitrogens with two attached hydrogens (primary N) is 1. The molecule has 2 saturated heterocycles. The van der Waals surface area contributed by atoms with Crippen molar-refractivity contribution in [2.75, 3.05) is 38.5 Å². The standard InChI is InChI=1S/C38H43N5O4/c1-26(28-7-11-30(12-8-28)37(45)40-18-15-27-5-4-6-34(44)23-27)47-35-24-32(25-41-36(35)39)29-9-13-31(14-10-29)38(46)43-21-16-33(17-22-43)42-19-2-3-20-42/h4-14,23-26,33,44H,2-3,15-22H2,1H3,(H2,39,41)(H,40,45). The first-order valence-electron chi connectivity index (χ1n) is 16.6. The maximum atomic E-state index is 13.2. The first kappa shape index (κ1) is 32.1. The van der Waals surface area contributed by atoms with Gasteiger partial charge in [0.2, 0.25) is 0 Å². The molecule has 3 heterocycles. The van der Waals surface area contributed by atoms with Gasteiger partial charge in [-0.1, -0.05) is 36.4 Å². The number of aromatic nitrogens is 1. The van der Waals surface area contributed by atoms with Gasteiger partial charge in [0.05, 0.1) is 0 Å². The number of piperidine rings is 1. The van der Waals surface area contributed by atoms with Gasteiger partial charge in [-0.3, -0.25) is 9.59 Å². The average molecular weight is 634 g/mol. The largest absolute Gasteiger partial charge is 0.508 e. The molecule has 4 aromatic rings. The fourth-order valence-electron chi connectivity index (χ4n) is 6.53. The van der Waals surface area contributed by atoms with Gasteiger partial charge in [0.15, 0.2) is 11.6 Å². The number of phenolic OH excluding ortho intramolecular Hbond substituents is 1. The van der Waals surface area contributed by atoms with Crippen molar-refractivity contribution >= 4 is 17.6 Å². The molecular weight excluding hydrogens is 590 g/mol. The summed E-state index contributed by atoms with van der Waals surface area (Å²) in [5, 5.41) is 12.5. The first-order chi connectivity index (χ1) is 22.8. The average Bonchev–Trinajstić information content (AvgIpc) is 3.65. The molecule has 1 aromatic heterocycles. The molecule has 9 nitrogen and oxygen atoms in total. The van der Waals surface area contributed by atoms with Gasteiger partial charge in [-0.2, -0.15) is 0 Å². The van der Waals surface area contributed by atoms with Crippen LogP contribution in [-0.2, 0) is 6.42 Å². The van der Waals surface area contributed by atoms with Gasteiger partial charge in [0.1, 0.15) is 11.9 Å². The van der Waals surface area contributed by atoms with E-state index in [0.717, 1.165) is 48.2 Å². The highest BCUT2D eigenvalue weighted by molar-refractivity contribution is 5.95. The lowest BCUT2D eigenvalue weighted by molar-refractivity contribution is 0.0644. The van der Waals surface area contributed by atoms with Crippen LogP contribution in [0.25, 0.3) is 11.1 Å². The van der Waals surface area contributed by atoms with Gasteiger partial charge in [-0.25, -0.2) is 4.98 Å². The smallest absolute Gasteiger partial charge is 0.253 e. The van der Waals surface area contributed by atoms with Crippen LogP contribution in [0.3, 0.4) is 0 Å². The highest BCUT2D eigenvalue weighted by atomic mass is 16.5. The molecule has 244 valence electrons. The van der Waals surface area contributed by atoms with Crippen LogP contribution in [-0.4, -0.2) is 70.5 Å². The molecule has 9 heteroatoms. The second-order valence-electron chi connectivity index (χ2n) is 12.5. The van der Waals surface area contributed by atoms with Crippen molar-refractivity contribution in [1.29, 1.82) is 0 Å². The van der Waals surface area contributed by atoms with E-state index in [1.54, 1.807) is 36.5 Å². The summed E-state index contributed by atoms with van der Waals surface area (Å²) in [6, 6.07) is 24.4. The number of benzene rings is 3. The molecule has 3 aromatic carbocycles. The zero-order valence-corrected chi connectivity index (χ0v) is 26.9. The summed E-state index contributed by atoms with van der Waals surface area (Å²) in [4.78, 5) is 34.8. The number of anilines is 1. The Hall–Kier alpha value is -4.89. The van der Waals surface area contributed by atoms with E-state index in [-0.39, 0.29) is 29.5 Å². The number of hydrogen-bond acceptors (Lipinski definition) is 7. The van der Waals surface area contributed by atoms with Crippen LogP contribution in [0.4, 0.5) is 5.82 Å². The normalized spacial score (nSPS) is 16.1. The van der Waals surface area contributed by atoms with E-state index < -0.39 is 0 Å². The number of nitrogen functional groups attached to an aromatic ring is 1. The number of likely N-dealkylation sites (tertiary alicyclic amines) is 2. The predicted molar refractivity (Wildman–Crippen MR) is 183 cm³/mol. The number of amides is 2. The van der Waals surface area contributed by atoms with Crippen LogP contribution in [0.2, 0.25) is 0 Å². The third kappa shape index (κ3) is 7.92. The summed E-state index contributed by atoms with van der Waals surface area (Å²) in [6.07, 6.45) is 6.67. The van der Waals surface area contributed by atoms with Gasteiger partial charge in [0, 0.05) is 48.6 Å². The second kappa shape index (κ2) is 14.7. The summed E-state index contributed by atoms with van der Waals surface area (Å²) in [5.74, 6) is 0.880. The number of nitrogens with zero attached hydrogens (tertiary/aromatic N) is 3. The molecule has 0 aliphatic carbocycles. The van der Waals surface area contributed by atoms with E-state index in [2.05, 4.69) is 15.2 Å². The number of hydrogen-bond donors (Lipinski definition) is 3. The van der Waals surface area contributed by atoms with E-state index in [4.69, 9.17) is 10.5 Å². The number of nitrogens with one attached hydrogen (secondary N) is 1. The fraction of sp³-hybridized carbons (Fsp3) is 0.342. The van der Waals surface area contributed by atoms with E-state index in [0.29, 0.717) is 35.9 Å². The van der Waals surface area contributed by atoms with Crippen LogP contribution in [0, 0.1) is 0 Å². The molecule has 6 rings (SSSR count). The minimum atomic E-state index is -0.341. The van der Waals surface area contributed by atoms with Gasteiger partial charge in [0.25, 0.3) is 11.8 Å². The maximum absolute atomic E-state index is 13.2. The van der Waals surface area contributed by atoms with Crippen molar-refractivity contribution in [3.05, 3.63) is 107 Å². The quantitative estimate of drug-likeness (QED) is 0.200. The lowest BCUT2D eigenvalue weighted by Gasteiger charge is -2.36. The van der Waals surface area contributed by atoms with Gasteiger partial charge < -0.3 is 30.7 Å². The van der Waals surface area contributed by atoms with Crippen molar-refractivity contribution in [2.24, 2.45) is 0 Å². The molecule has 47 heavy (non-hydrogen) atoms. The Balaban J connectivity index is 1.03. The summed E-state index contributed by atoms with van der Waals surface area (Å²) in [5.41, 5.74) is 11.0. The zero-order chi connectivity index (χ0) is 32.8. The first-order valence-corrected chi connectivity index (χ1v) is 16.6. The molecule has 2 aliphatic rings. The van der Waals surface area contributed by atoms with Gasteiger partial charge in [-0.15, -0.1) is 0 Å². The topological polar surface area (TPSA) is 121 Å². The lowest BCUT2D eigenvalue weighted by atomic mass is 10.0. The van der Waals surface area contributed by atoms with Crippen LogP contribution in [0.15, 0.2) is 85.1 Å². The van der Waals surface area contributed by atoms with E-state index >= 15 is 0 Å².